The lowest BCUT2D eigenvalue weighted by atomic mass is 9.88. The van der Waals surface area contributed by atoms with Crippen LogP contribution in [-0.2, 0) is 0 Å². The topological polar surface area (TPSA) is 26.0 Å². The quantitative estimate of drug-likeness (QED) is 0.824. The van der Waals surface area contributed by atoms with E-state index >= 15 is 0 Å². The first kappa shape index (κ1) is 13.9. The summed E-state index contributed by atoms with van der Waals surface area (Å²) in [6.07, 6.45) is 1.05. The second-order valence-corrected chi connectivity index (χ2v) is 6.14. The van der Waals surface area contributed by atoms with Crippen molar-refractivity contribution in [3.8, 4) is 0 Å². The van der Waals surface area contributed by atoms with Crippen molar-refractivity contribution in [2.45, 2.75) is 40.2 Å². The summed E-state index contributed by atoms with van der Waals surface area (Å²) in [7, 11) is 0. The second-order valence-electron chi connectivity index (χ2n) is 4.82. The summed E-state index contributed by atoms with van der Waals surface area (Å²) in [6.45, 7) is 8.81. The van der Waals surface area contributed by atoms with Gasteiger partial charge >= 0.3 is 0 Å². The van der Waals surface area contributed by atoms with Crippen LogP contribution in [0.3, 0.4) is 0 Å². The van der Waals surface area contributed by atoms with Crippen LogP contribution in [0.1, 0.15) is 43.0 Å². The Balaban J connectivity index is 0.00000169. The maximum atomic E-state index is 6.10. The van der Waals surface area contributed by atoms with Crippen molar-refractivity contribution in [3.05, 3.63) is 21.9 Å². The fraction of sp³-hybridized carbons (Fsp3) is 0.636. The maximum absolute atomic E-state index is 6.10. The molecule has 0 aliphatic carbocycles. The summed E-state index contributed by atoms with van der Waals surface area (Å²) in [5.41, 5.74) is 6.42. The molecule has 1 aromatic rings. The predicted molar refractivity (Wildman–Crippen MR) is 67.3 cm³/mol. The number of hydrogen-bond acceptors (Lipinski definition) is 2. The highest BCUT2D eigenvalue weighted by molar-refractivity contribution is 7.12. The highest BCUT2D eigenvalue weighted by atomic mass is 35.5. The fourth-order valence-corrected chi connectivity index (χ4v) is 2.29. The van der Waals surface area contributed by atoms with Crippen LogP contribution in [-0.4, -0.2) is 0 Å². The van der Waals surface area contributed by atoms with E-state index in [4.69, 9.17) is 5.73 Å². The van der Waals surface area contributed by atoms with Crippen molar-refractivity contribution in [2.24, 2.45) is 11.1 Å². The van der Waals surface area contributed by atoms with Crippen molar-refractivity contribution in [3.63, 3.8) is 0 Å². The third kappa shape index (κ3) is 4.45. The van der Waals surface area contributed by atoms with Gasteiger partial charge in [-0.3, -0.25) is 0 Å². The van der Waals surface area contributed by atoms with Crippen LogP contribution in [0.2, 0.25) is 0 Å². The molecule has 14 heavy (non-hydrogen) atoms. The molecule has 1 unspecified atom stereocenters. The Labute approximate surface area is 97.1 Å². The average Bonchev–Trinajstić information content (AvgIpc) is 2.31. The molecule has 0 fully saturated rings. The first-order valence-electron chi connectivity index (χ1n) is 4.70. The fourth-order valence-electron chi connectivity index (χ4n) is 1.41. The molecule has 1 rings (SSSR count). The molecule has 0 aliphatic heterocycles. The van der Waals surface area contributed by atoms with E-state index in [9.17, 15) is 0 Å². The normalized spacial score (nSPS) is 13.5. The molecular weight excluding hydrogens is 214 g/mol. The molecule has 2 N–H and O–H groups in total. The number of thiophene rings is 1. The van der Waals surface area contributed by atoms with Crippen LogP contribution in [0.15, 0.2) is 12.1 Å². The zero-order valence-corrected chi connectivity index (χ0v) is 11.0. The molecule has 0 saturated heterocycles. The minimum Gasteiger partial charge on any atom is -0.323 e. The van der Waals surface area contributed by atoms with E-state index in [1.165, 1.54) is 9.75 Å². The van der Waals surface area contributed by atoms with Gasteiger partial charge in [-0.05, 0) is 30.9 Å². The molecule has 3 heteroatoms. The largest absolute Gasteiger partial charge is 0.323 e. The summed E-state index contributed by atoms with van der Waals surface area (Å²) in [5.74, 6) is 0. The van der Waals surface area contributed by atoms with E-state index in [2.05, 4.69) is 39.8 Å². The molecule has 0 spiro atoms. The molecule has 0 aromatic carbocycles. The minimum absolute atomic E-state index is 0. The van der Waals surface area contributed by atoms with Crippen LogP contribution >= 0.6 is 23.7 Å². The average molecular weight is 234 g/mol. The Kier molecular flexibility index (Phi) is 5.13. The molecule has 1 heterocycles. The number of aryl methyl sites for hydroxylation is 1. The zero-order chi connectivity index (χ0) is 10.1. The molecule has 0 saturated carbocycles. The van der Waals surface area contributed by atoms with Gasteiger partial charge in [0.05, 0.1) is 0 Å². The minimum atomic E-state index is 0. The van der Waals surface area contributed by atoms with Crippen LogP contribution in [0.5, 0.6) is 0 Å². The van der Waals surface area contributed by atoms with Crippen molar-refractivity contribution in [2.75, 3.05) is 0 Å². The Morgan fingerprint density at radius 1 is 1.36 bits per heavy atom. The monoisotopic (exact) mass is 233 g/mol. The first-order valence-corrected chi connectivity index (χ1v) is 5.52. The van der Waals surface area contributed by atoms with Gasteiger partial charge in [0.25, 0.3) is 0 Å². The van der Waals surface area contributed by atoms with Gasteiger partial charge in [-0.15, -0.1) is 23.7 Å². The highest BCUT2D eigenvalue weighted by Crippen LogP contribution is 2.30. The lowest BCUT2D eigenvalue weighted by Crippen LogP contribution is -2.17. The molecule has 0 aliphatic rings. The molecule has 0 bridgehead atoms. The Bertz CT molecular complexity index is 275. The van der Waals surface area contributed by atoms with E-state index in [1.807, 2.05) is 11.3 Å². The van der Waals surface area contributed by atoms with E-state index < -0.39 is 0 Å². The summed E-state index contributed by atoms with van der Waals surface area (Å²) < 4.78 is 0. The molecule has 0 amide bonds. The van der Waals surface area contributed by atoms with Gasteiger partial charge in [0.2, 0.25) is 0 Å². The Morgan fingerprint density at radius 2 is 1.93 bits per heavy atom. The molecular formula is C11H20ClNS. The summed E-state index contributed by atoms with van der Waals surface area (Å²) in [5, 5.41) is 0. The smallest absolute Gasteiger partial charge is 0.0394 e. The van der Waals surface area contributed by atoms with Gasteiger partial charge in [-0.1, -0.05) is 20.8 Å². The number of nitrogens with two attached hydrogens (primary N) is 1. The van der Waals surface area contributed by atoms with E-state index in [0.717, 1.165) is 6.42 Å². The highest BCUT2D eigenvalue weighted by Gasteiger charge is 2.17. The van der Waals surface area contributed by atoms with E-state index in [-0.39, 0.29) is 18.4 Å². The van der Waals surface area contributed by atoms with Gasteiger partial charge in [0, 0.05) is 15.8 Å². The van der Waals surface area contributed by atoms with Crippen molar-refractivity contribution in [1.82, 2.24) is 0 Å². The van der Waals surface area contributed by atoms with Gasteiger partial charge < -0.3 is 5.73 Å². The standard InChI is InChI=1S/C11H19NS.ClH/c1-8-5-6-10(13-8)9(12)7-11(2,3)4;/h5-6,9H,7,12H2,1-4H3;1H. The molecule has 0 radical (unpaired) electrons. The number of rotatable bonds is 2. The maximum Gasteiger partial charge on any atom is 0.0394 e. The van der Waals surface area contributed by atoms with Gasteiger partial charge in [0.1, 0.15) is 0 Å². The van der Waals surface area contributed by atoms with Crippen LogP contribution < -0.4 is 5.73 Å². The predicted octanol–water partition coefficient (Wildman–Crippen LogP) is 3.91. The lowest BCUT2D eigenvalue weighted by molar-refractivity contribution is 0.345. The van der Waals surface area contributed by atoms with Gasteiger partial charge in [-0.2, -0.15) is 0 Å². The van der Waals surface area contributed by atoms with E-state index in [0.29, 0.717) is 5.41 Å². The Morgan fingerprint density at radius 3 is 2.29 bits per heavy atom. The van der Waals surface area contributed by atoms with Crippen molar-refractivity contribution < 1.29 is 0 Å². The van der Waals surface area contributed by atoms with Crippen LogP contribution in [0.4, 0.5) is 0 Å². The lowest BCUT2D eigenvalue weighted by Gasteiger charge is -2.22. The molecule has 1 atom stereocenters. The van der Waals surface area contributed by atoms with E-state index in [1.54, 1.807) is 0 Å². The Hall–Kier alpha value is -0.0500. The van der Waals surface area contributed by atoms with Crippen LogP contribution in [0, 0.1) is 12.3 Å². The third-order valence-electron chi connectivity index (χ3n) is 1.96. The molecule has 1 aromatic heterocycles. The zero-order valence-electron chi connectivity index (χ0n) is 9.33. The molecule has 1 nitrogen and oxygen atoms in total. The number of halogens is 1. The van der Waals surface area contributed by atoms with Crippen LogP contribution in [0.25, 0.3) is 0 Å². The summed E-state index contributed by atoms with van der Waals surface area (Å²) in [4.78, 5) is 2.66. The van der Waals surface area contributed by atoms with Gasteiger partial charge in [0.15, 0.2) is 0 Å². The number of hydrogen-bond donors (Lipinski definition) is 1. The third-order valence-corrected chi connectivity index (χ3v) is 3.09. The van der Waals surface area contributed by atoms with Crippen molar-refractivity contribution in [1.29, 1.82) is 0 Å². The summed E-state index contributed by atoms with van der Waals surface area (Å²) in [6, 6.07) is 4.50. The SMILES string of the molecule is Cc1ccc(C(N)CC(C)(C)C)s1.Cl. The molecule has 82 valence electrons. The summed E-state index contributed by atoms with van der Waals surface area (Å²) >= 11 is 1.81. The first-order chi connectivity index (χ1) is 5.88. The second kappa shape index (κ2) is 5.15. The van der Waals surface area contributed by atoms with Crippen molar-refractivity contribution >= 4 is 23.7 Å². The van der Waals surface area contributed by atoms with Gasteiger partial charge in [-0.25, -0.2) is 0 Å².